The van der Waals surface area contributed by atoms with E-state index < -0.39 is 11.9 Å². The van der Waals surface area contributed by atoms with Crippen LogP contribution in [0.3, 0.4) is 0 Å². The number of carbonyl (C=O) groups is 1. The molecule has 6 heteroatoms. The van der Waals surface area contributed by atoms with Gasteiger partial charge in [-0.3, -0.25) is 4.79 Å². The molecule has 0 fully saturated rings. The number of nitrogens with zero attached hydrogens (tertiary/aromatic N) is 2. The van der Waals surface area contributed by atoms with E-state index in [1.807, 2.05) is 0 Å². The molecular weight excluding hydrogens is 228 g/mol. The quantitative estimate of drug-likeness (QED) is 0.826. The fourth-order valence-electron chi connectivity index (χ4n) is 1.13. The number of aliphatic carboxylic acids is 1. The minimum absolute atomic E-state index is 0.259. The average molecular weight is 244 g/mol. The molecule has 1 rings (SSSR count). The molecule has 1 N–H and O–H groups in total. The predicted molar refractivity (Wildman–Crippen MR) is 61.3 cm³/mol. The molecule has 0 saturated heterocycles. The number of carboxylic acid groups (broad SMARTS) is 1. The highest BCUT2D eigenvalue weighted by Crippen LogP contribution is 2.23. The molecule has 0 spiro atoms. The van der Waals surface area contributed by atoms with Gasteiger partial charge in [0.1, 0.15) is 0 Å². The van der Waals surface area contributed by atoms with Crippen LogP contribution in [0.5, 0.6) is 0 Å². The minimum atomic E-state index is -0.852. The smallest absolute Gasteiger partial charge is 0.307 e. The minimum Gasteiger partial charge on any atom is -0.481 e. The molecule has 0 aromatic carbocycles. The van der Waals surface area contributed by atoms with Gasteiger partial charge < -0.3 is 9.63 Å². The summed E-state index contributed by atoms with van der Waals surface area (Å²) in [5.74, 6) is 1.10. The topological polar surface area (TPSA) is 76.2 Å². The summed E-state index contributed by atoms with van der Waals surface area (Å²) in [7, 11) is 0. The molecule has 0 aliphatic heterocycles. The SMILES string of the molecule is CCSCc1noc(C(C)C(C)C(=O)O)n1. The van der Waals surface area contributed by atoms with E-state index >= 15 is 0 Å². The van der Waals surface area contributed by atoms with Crippen molar-refractivity contribution in [1.82, 2.24) is 10.1 Å². The molecule has 0 bridgehead atoms. The van der Waals surface area contributed by atoms with Crippen molar-refractivity contribution in [3.8, 4) is 0 Å². The zero-order valence-electron chi connectivity index (χ0n) is 9.64. The van der Waals surface area contributed by atoms with Crippen LogP contribution >= 0.6 is 11.8 Å². The van der Waals surface area contributed by atoms with Crippen LogP contribution in [-0.4, -0.2) is 27.0 Å². The molecule has 1 heterocycles. The summed E-state index contributed by atoms with van der Waals surface area (Å²) in [5, 5.41) is 12.7. The molecule has 0 aliphatic carbocycles. The van der Waals surface area contributed by atoms with E-state index in [1.54, 1.807) is 25.6 Å². The third kappa shape index (κ3) is 3.23. The van der Waals surface area contributed by atoms with Gasteiger partial charge in [-0.1, -0.05) is 25.9 Å². The van der Waals surface area contributed by atoms with Gasteiger partial charge in [0, 0.05) is 5.92 Å². The molecule has 0 saturated carbocycles. The Bertz CT molecular complexity index is 354. The summed E-state index contributed by atoms with van der Waals surface area (Å²) >= 11 is 1.70. The Morgan fingerprint density at radius 1 is 1.56 bits per heavy atom. The predicted octanol–water partition coefficient (Wildman–Crippen LogP) is 2.15. The van der Waals surface area contributed by atoms with Crippen LogP contribution in [0.15, 0.2) is 4.52 Å². The molecule has 2 unspecified atom stereocenters. The summed E-state index contributed by atoms with van der Waals surface area (Å²) in [4.78, 5) is 15.0. The van der Waals surface area contributed by atoms with Crippen molar-refractivity contribution >= 4 is 17.7 Å². The average Bonchev–Trinajstić information content (AvgIpc) is 2.72. The van der Waals surface area contributed by atoms with Crippen molar-refractivity contribution in [2.45, 2.75) is 32.4 Å². The van der Waals surface area contributed by atoms with Gasteiger partial charge in [-0.15, -0.1) is 0 Å². The summed E-state index contributed by atoms with van der Waals surface area (Å²) in [6, 6.07) is 0. The lowest BCUT2D eigenvalue weighted by Gasteiger charge is -2.10. The Morgan fingerprint density at radius 3 is 2.81 bits per heavy atom. The number of hydrogen-bond acceptors (Lipinski definition) is 5. The first-order valence-corrected chi connectivity index (χ1v) is 6.34. The van der Waals surface area contributed by atoms with Gasteiger partial charge in [0.05, 0.1) is 11.7 Å². The summed E-state index contributed by atoms with van der Waals surface area (Å²) in [6.45, 7) is 5.47. The zero-order valence-corrected chi connectivity index (χ0v) is 10.5. The summed E-state index contributed by atoms with van der Waals surface area (Å²) in [6.07, 6.45) is 0. The molecular formula is C10H16N2O3S. The Morgan fingerprint density at radius 2 is 2.25 bits per heavy atom. The molecule has 0 radical (unpaired) electrons. The molecule has 90 valence electrons. The lowest BCUT2D eigenvalue weighted by molar-refractivity contribution is -0.141. The molecule has 1 aromatic rings. The van der Waals surface area contributed by atoms with Crippen molar-refractivity contribution in [3.63, 3.8) is 0 Å². The highest BCUT2D eigenvalue weighted by Gasteiger charge is 2.25. The fourth-order valence-corrected chi connectivity index (χ4v) is 1.64. The Kier molecular flexibility index (Phi) is 4.79. The number of aromatic nitrogens is 2. The van der Waals surface area contributed by atoms with Crippen LogP contribution < -0.4 is 0 Å². The third-order valence-corrected chi connectivity index (χ3v) is 3.32. The monoisotopic (exact) mass is 244 g/mol. The molecule has 0 amide bonds. The van der Waals surface area contributed by atoms with E-state index in [0.29, 0.717) is 17.5 Å². The molecule has 2 atom stereocenters. The van der Waals surface area contributed by atoms with Crippen LogP contribution in [0, 0.1) is 5.92 Å². The van der Waals surface area contributed by atoms with Gasteiger partial charge in [0.15, 0.2) is 5.82 Å². The number of carboxylic acids is 1. The van der Waals surface area contributed by atoms with Gasteiger partial charge in [0.2, 0.25) is 5.89 Å². The molecule has 1 aromatic heterocycles. The Labute approximate surface area is 98.6 Å². The lowest BCUT2D eigenvalue weighted by atomic mass is 9.96. The first-order valence-electron chi connectivity index (χ1n) is 5.19. The highest BCUT2D eigenvalue weighted by atomic mass is 32.2. The second kappa shape index (κ2) is 5.89. The van der Waals surface area contributed by atoms with Gasteiger partial charge in [0.25, 0.3) is 0 Å². The number of thioether (sulfide) groups is 1. The normalized spacial score (nSPS) is 14.7. The van der Waals surface area contributed by atoms with Crippen LogP contribution in [0.1, 0.15) is 38.4 Å². The van der Waals surface area contributed by atoms with E-state index in [0.717, 1.165) is 5.75 Å². The van der Waals surface area contributed by atoms with Crippen molar-refractivity contribution in [3.05, 3.63) is 11.7 Å². The first-order chi connectivity index (χ1) is 7.56. The van der Waals surface area contributed by atoms with Gasteiger partial charge >= 0.3 is 5.97 Å². The lowest BCUT2D eigenvalue weighted by Crippen LogP contribution is -2.16. The Balaban J connectivity index is 2.66. The van der Waals surface area contributed by atoms with E-state index in [4.69, 9.17) is 9.63 Å². The largest absolute Gasteiger partial charge is 0.481 e. The maximum atomic E-state index is 10.8. The zero-order chi connectivity index (χ0) is 12.1. The number of hydrogen-bond donors (Lipinski definition) is 1. The standard InChI is InChI=1S/C10H16N2O3S/c1-4-16-5-8-11-9(15-12-8)6(2)7(3)10(13)14/h6-7H,4-5H2,1-3H3,(H,13,14). The first kappa shape index (κ1) is 13.0. The van der Waals surface area contributed by atoms with Crippen molar-refractivity contribution in [2.24, 2.45) is 5.92 Å². The van der Waals surface area contributed by atoms with Crippen LogP contribution in [0.4, 0.5) is 0 Å². The van der Waals surface area contributed by atoms with Crippen molar-refractivity contribution < 1.29 is 14.4 Å². The van der Waals surface area contributed by atoms with Gasteiger partial charge in [-0.25, -0.2) is 0 Å². The van der Waals surface area contributed by atoms with Crippen molar-refractivity contribution in [2.75, 3.05) is 5.75 Å². The van der Waals surface area contributed by atoms with Crippen LogP contribution in [0.2, 0.25) is 0 Å². The second-order valence-electron chi connectivity index (χ2n) is 3.60. The number of rotatable bonds is 6. The van der Waals surface area contributed by atoms with E-state index in [9.17, 15) is 4.79 Å². The fraction of sp³-hybridized carbons (Fsp3) is 0.700. The van der Waals surface area contributed by atoms with Crippen LogP contribution in [-0.2, 0) is 10.5 Å². The maximum Gasteiger partial charge on any atom is 0.307 e. The van der Waals surface area contributed by atoms with Crippen molar-refractivity contribution in [1.29, 1.82) is 0 Å². The molecule has 0 aliphatic rings. The summed E-state index contributed by atoms with van der Waals surface area (Å²) < 4.78 is 5.06. The van der Waals surface area contributed by atoms with Crippen LogP contribution in [0.25, 0.3) is 0 Å². The highest BCUT2D eigenvalue weighted by molar-refractivity contribution is 7.98. The van der Waals surface area contributed by atoms with E-state index in [2.05, 4.69) is 17.1 Å². The second-order valence-corrected chi connectivity index (χ2v) is 4.88. The van der Waals surface area contributed by atoms with E-state index in [-0.39, 0.29) is 5.92 Å². The summed E-state index contributed by atoms with van der Waals surface area (Å²) in [5.41, 5.74) is 0. The Hall–Kier alpha value is -1.04. The third-order valence-electron chi connectivity index (χ3n) is 2.45. The molecule has 5 nitrogen and oxygen atoms in total. The maximum absolute atomic E-state index is 10.8. The van der Waals surface area contributed by atoms with Gasteiger partial charge in [-0.2, -0.15) is 16.7 Å². The molecule has 16 heavy (non-hydrogen) atoms. The van der Waals surface area contributed by atoms with E-state index in [1.165, 1.54) is 0 Å². The van der Waals surface area contributed by atoms with Gasteiger partial charge in [-0.05, 0) is 5.75 Å².